The first-order valence-corrected chi connectivity index (χ1v) is 8.47. The Balaban J connectivity index is 1.53. The predicted octanol–water partition coefficient (Wildman–Crippen LogP) is 2.47. The molecule has 0 saturated carbocycles. The highest BCUT2D eigenvalue weighted by atomic mass is 32.1. The summed E-state index contributed by atoms with van der Waals surface area (Å²) in [6, 6.07) is 0. The maximum atomic E-state index is 12.2. The summed E-state index contributed by atoms with van der Waals surface area (Å²) >= 11 is 1.62. The molecule has 0 aromatic carbocycles. The summed E-state index contributed by atoms with van der Waals surface area (Å²) in [6.07, 6.45) is 2.26. The van der Waals surface area contributed by atoms with Crippen molar-refractivity contribution in [3.8, 4) is 0 Å². The van der Waals surface area contributed by atoms with Gasteiger partial charge in [-0.15, -0.1) is 11.3 Å². The first-order valence-electron chi connectivity index (χ1n) is 7.59. The van der Waals surface area contributed by atoms with Crippen molar-refractivity contribution in [2.24, 2.45) is 11.8 Å². The predicted molar refractivity (Wildman–Crippen MR) is 80.9 cm³/mol. The van der Waals surface area contributed by atoms with Crippen LogP contribution in [0.5, 0.6) is 0 Å². The van der Waals surface area contributed by atoms with Crippen LogP contribution in [0.2, 0.25) is 0 Å². The smallest absolute Gasteiger partial charge is 0.273 e. The van der Waals surface area contributed by atoms with E-state index in [0.717, 1.165) is 49.3 Å². The molecule has 0 spiro atoms. The fourth-order valence-corrected chi connectivity index (χ4v) is 3.73. The Morgan fingerprint density at radius 3 is 2.75 bits per heavy atom. The largest absolute Gasteiger partial charge is 0.337 e. The van der Waals surface area contributed by atoms with Crippen LogP contribution < -0.4 is 0 Å². The molecule has 2 saturated heterocycles. The van der Waals surface area contributed by atoms with Crippen LogP contribution in [-0.2, 0) is 6.54 Å². The highest BCUT2D eigenvalue weighted by Gasteiger charge is 2.29. The van der Waals surface area contributed by atoms with Crippen molar-refractivity contribution in [2.45, 2.75) is 33.2 Å². The van der Waals surface area contributed by atoms with Gasteiger partial charge in [-0.1, -0.05) is 13.8 Å². The molecule has 2 fully saturated rings. The zero-order chi connectivity index (χ0) is 14.1. The van der Waals surface area contributed by atoms with E-state index < -0.39 is 0 Å². The van der Waals surface area contributed by atoms with E-state index in [9.17, 15) is 4.79 Å². The minimum absolute atomic E-state index is 0.119. The van der Waals surface area contributed by atoms with Gasteiger partial charge >= 0.3 is 0 Å². The van der Waals surface area contributed by atoms with Crippen LogP contribution >= 0.6 is 11.3 Å². The molecule has 2 aliphatic rings. The Hall–Kier alpha value is -0.940. The topological polar surface area (TPSA) is 36.4 Å². The summed E-state index contributed by atoms with van der Waals surface area (Å²) in [6.45, 7) is 9.62. The summed E-state index contributed by atoms with van der Waals surface area (Å²) in [5.41, 5.74) is 0.646. The van der Waals surface area contributed by atoms with E-state index in [0.29, 0.717) is 5.69 Å². The lowest BCUT2D eigenvalue weighted by Crippen LogP contribution is -2.48. The summed E-state index contributed by atoms with van der Waals surface area (Å²) in [7, 11) is 0. The lowest BCUT2D eigenvalue weighted by molar-refractivity contribution is 0.0612. The normalized spacial score (nSPS) is 20.6. The summed E-state index contributed by atoms with van der Waals surface area (Å²) in [4.78, 5) is 21.1. The van der Waals surface area contributed by atoms with Crippen LogP contribution in [0.25, 0.3) is 0 Å². The zero-order valence-electron chi connectivity index (χ0n) is 12.3. The molecule has 0 unspecified atom stereocenters. The average Bonchev–Trinajstić information content (AvgIpc) is 3.03. The van der Waals surface area contributed by atoms with Gasteiger partial charge in [0.1, 0.15) is 10.7 Å². The van der Waals surface area contributed by atoms with Crippen molar-refractivity contribution in [3.63, 3.8) is 0 Å². The second kappa shape index (κ2) is 5.82. The van der Waals surface area contributed by atoms with Gasteiger partial charge in [0.05, 0.1) is 6.54 Å². The Morgan fingerprint density at radius 1 is 1.40 bits per heavy atom. The second-order valence-electron chi connectivity index (χ2n) is 6.32. The number of carbonyl (C=O) groups is 1. The van der Waals surface area contributed by atoms with Gasteiger partial charge in [0.15, 0.2) is 0 Å². The molecule has 0 bridgehead atoms. The van der Waals surface area contributed by atoms with Crippen molar-refractivity contribution in [1.82, 2.24) is 14.8 Å². The van der Waals surface area contributed by atoms with Gasteiger partial charge in [0.25, 0.3) is 5.91 Å². The standard InChI is InChI=1S/C15H23N3OS/c1-11(2)12-7-17(8-12)9-14-16-13(10-20-14)15(19)18-5-3-4-6-18/h10-12H,3-9H2,1-2H3. The van der Waals surface area contributed by atoms with E-state index >= 15 is 0 Å². The van der Waals surface area contributed by atoms with E-state index in [1.54, 1.807) is 11.3 Å². The maximum Gasteiger partial charge on any atom is 0.273 e. The monoisotopic (exact) mass is 293 g/mol. The first-order chi connectivity index (χ1) is 9.63. The summed E-state index contributed by atoms with van der Waals surface area (Å²) in [5, 5.41) is 3.00. The van der Waals surface area contributed by atoms with Crippen molar-refractivity contribution in [2.75, 3.05) is 26.2 Å². The molecule has 110 valence electrons. The van der Waals surface area contributed by atoms with Crippen molar-refractivity contribution in [3.05, 3.63) is 16.1 Å². The number of amides is 1. The third-order valence-electron chi connectivity index (χ3n) is 4.45. The summed E-state index contributed by atoms with van der Waals surface area (Å²) in [5.74, 6) is 1.73. The lowest BCUT2D eigenvalue weighted by atomic mass is 9.88. The second-order valence-corrected chi connectivity index (χ2v) is 7.27. The highest BCUT2D eigenvalue weighted by molar-refractivity contribution is 7.09. The van der Waals surface area contributed by atoms with E-state index in [4.69, 9.17) is 0 Å². The maximum absolute atomic E-state index is 12.2. The zero-order valence-corrected chi connectivity index (χ0v) is 13.2. The molecule has 0 N–H and O–H groups in total. The van der Waals surface area contributed by atoms with Crippen LogP contribution in [0.1, 0.15) is 42.2 Å². The van der Waals surface area contributed by atoms with Gasteiger partial charge in [-0.25, -0.2) is 4.98 Å². The molecule has 1 aromatic rings. The van der Waals surface area contributed by atoms with Crippen LogP contribution in [0.15, 0.2) is 5.38 Å². The van der Waals surface area contributed by atoms with Gasteiger partial charge in [-0.2, -0.15) is 0 Å². The molecule has 0 aliphatic carbocycles. The molecule has 2 aliphatic heterocycles. The number of thiazole rings is 1. The molecule has 5 heteroatoms. The van der Waals surface area contributed by atoms with Gasteiger partial charge < -0.3 is 4.90 Å². The van der Waals surface area contributed by atoms with Crippen molar-refractivity contribution in [1.29, 1.82) is 0 Å². The van der Waals surface area contributed by atoms with E-state index in [1.165, 1.54) is 13.1 Å². The van der Waals surface area contributed by atoms with Crippen LogP contribution in [0, 0.1) is 11.8 Å². The van der Waals surface area contributed by atoms with Gasteiger partial charge in [-0.05, 0) is 24.7 Å². The molecule has 4 nitrogen and oxygen atoms in total. The van der Waals surface area contributed by atoms with E-state index in [1.807, 2.05) is 10.3 Å². The van der Waals surface area contributed by atoms with Crippen LogP contribution in [-0.4, -0.2) is 46.9 Å². The molecule has 1 aromatic heterocycles. The molecule has 3 heterocycles. The van der Waals surface area contributed by atoms with Crippen molar-refractivity contribution < 1.29 is 4.79 Å². The summed E-state index contributed by atoms with van der Waals surface area (Å²) < 4.78 is 0. The third kappa shape index (κ3) is 2.88. The number of hydrogen-bond donors (Lipinski definition) is 0. The number of likely N-dealkylation sites (tertiary alicyclic amines) is 2. The number of hydrogen-bond acceptors (Lipinski definition) is 4. The quantitative estimate of drug-likeness (QED) is 0.855. The fraction of sp³-hybridized carbons (Fsp3) is 0.733. The Labute approximate surface area is 124 Å². The minimum atomic E-state index is 0.119. The molecule has 20 heavy (non-hydrogen) atoms. The fourth-order valence-electron chi connectivity index (χ4n) is 2.92. The number of nitrogens with zero attached hydrogens (tertiary/aromatic N) is 3. The molecular weight excluding hydrogens is 270 g/mol. The minimum Gasteiger partial charge on any atom is -0.337 e. The molecule has 0 radical (unpaired) electrons. The van der Waals surface area contributed by atoms with Gasteiger partial charge in [0.2, 0.25) is 0 Å². The third-order valence-corrected chi connectivity index (χ3v) is 5.28. The SMILES string of the molecule is CC(C)C1CN(Cc2nc(C(=O)N3CCCC3)cs2)C1. The Bertz CT molecular complexity index is 473. The van der Waals surface area contributed by atoms with Crippen molar-refractivity contribution >= 4 is 17.2 Å². The van der Waals surface area contributed by atoms with Crippen LogP contribution in [0.3, 0.4) is 0 Å². The Morgan fingerprint density at radius 2 is 2.10 bits per heavy atom. The highest BCUT2D eigenvalue weighted by Crippen LogP contribution is 2.26. The van der Waals surface area contributed by atoms with Gasteiger partial charge in [0, 0.05) is 31.6 Å². The number of carbonyl (C=O) groups excluding carboxylic acids is 1. The molecule has 0 atom stereocenters. The first kappa shape index (κ1) is 14.0. The number of rotatable bonds is 4. The van der Waals surface area contributed by atoms with E-state index in [-0.39, 0.29) is 5.91 Å². The van der Waals surface area contributed by atoms with Gasteiger partial charge in [-0.3, -0.25) is 9.69 Å². The lowest BCUT2D eigenvalue weighted by Gasteiger charge is -2.41. The van der Waals surface area contributed by atoms with Crippen LogP contribution in [0.4, 0.5) is 0 Å². The average molecular weight is 293 g/mol. The number of aromatic nitrogens is 1. The molecular formula is C15H23N3OS. The molecule has 1 amide bonds. The molecule has 3 rings (SSSR count). The van der Waals surface area contributed by atoms with E-state index in [2.05, 4.69) is 23.7 Å². The Kier molecular flexibility index (Phi) is 4.08.